The number of hydrogen-bond donors (Lipinski definition) is 1. The van der Waals surface area contributed by atoms with E-state index >= 15 is 8.78 Å². The van der Waals surface area contributed by atoms with E-state index in [-0.39, 0.29) is 78.5 Å². The van der Waals surface area contributed by atoms with Gasteiger partial charge in [-0.1, -0.05) is 17.7 Å². The maximum Gasteiger partial charge on any atom is 0.412 e. The molecule has 10 nitrogen and oxygen atoms in total. The minimum Gasteiger partial charge on any atom is -0.461 e. The Bertz CT molecular complexity index is 2120. The Balaban J connectivity index is 1.37. The normalized spacial score (nSPS) is 21.2. The van der Waals surface area contributed by atoms with E-state index in [1.807, 2.05) is 6.07 Å². The summed E-state index contributed by atoms with van der Waals surface area (Å²) in [6.07, 6.45) is 1.97. The van der Waals surface area contributed by atoms with Crippen LogP contribution in [0.5, 0.6) is 6.01 Å². The molecule has 15 heteroatoms. The first-order valence-electron chi connectivity index (χ1n) is 16.9. The third-order valence-corrected chi connectivity index (χ3v) is 11.1. The zero-order valence-electron chi connectivity index (χ0n) is 28.4. The third-order valence-electron chi connectivity index (χ3n) is 9.66. The number of rotatable bonds is 6. The van der Waals surface area contributed by atoms with Crippen molar-refractivity contribution < 1.29 is 32.2 Å². The van der Waals surface area contributed by atoms with Gasteiger partial charge in [0.2, 0.25) is 0 Å². The fourth-order valence-electron chi connectivity index (χ4n) is 7.51. The number of benzene rings is 2. The number of Topliss-reactive ketones (excluding diaryl/α,β-unsaturated/α-hetero) is 1. The van der Waals surface area contributed by atoms with Crippen LogP contribution < -0.4 is 15.0 Å². The molecule has 0 saturated carbocycles. The number of amides is 1. The van der Waals surface area contributed by atoms with Crippen LogP contribution in [-0.2, 0) is 9.53 Å². The molecule has 0 radical (unpaired) electrons. The number of anilines is 2. The minimum absolute atomic E-state index is 0.00394. The van der Waals surface area contributed by atoms with Crippen LogP contribution in [0.1, 0.15) is 64.9 Å². The molecule has 1 N–H and O–H groups in total. The zero-order valence-corrected chi connectivity index (χ0v) is 29.9. The van der Waals surface area contributed by atoms with Gasteiger partial charge in [0, 0.05) is 42.3 Å². The summed E-state index contributed by atoms with van der Waals surface area (Å²) in [4.78, 5) is 38.4. The third kappa shape index (κ3) is 6.67. The molecule has 2 aromatic heterocycles. The molecule has 0 unspecified atom stereocenters. The number of alkyl halides is 1. The first-order valence-corrected chi connectivity index (χ1v) is 18.1. The van der Waals surface area contributed by atoms with E-state index < -0.39 is 35.0 Å². The molecule has 7 rings (SSSR count). The first-order chi connectivity index (χ1) is 24.3. The molecule has 1 amide bonds. The number of nitrogens with one attached hydrogen (secondary N) is 1. The fraction of sp³-hybridized carbons (Fsp3) is 0.472. The van der Waals surface area contributed by atoms with Gasteiger partial charge in [-0.05, 0) is 70.7 Å². The molecule has 0 aliphatic carbocycles. The first kappa shape index (κ1) is 35.2. The zero-order chi connectivity index (χ0) is 36.2. The van der Waals surface area contributed by atoms with Crippen molar-refractivity contribution in [2.75, 3.05) is 43.0 Å². The van der Waals surface area contributed by atoms with Crippen LogP contribution in [0.2, 0.25) is 5.02 Å². The van der Waals surface area contributed by atoms with Crippen molar-refractivity contribution in [3.63, 3.8) is 0 Å². The van der Waals surface area contributed by atoms with Crippen LogP contribution in [0.4, 0.5) is 28.8 Å². The standard InChI is InChI=1S/C36H36ClF3N6O4S/c1-35(2,3)50-34(48)44-32-23(15-41)26-21(8-9-25(39)30(26)51-32)27-24(37)13-22-29(28(27)40)42-33(43-31(22)45-11-5-4-7-20(47)17-45)49-18-36-10-6-12-46(36)16-19(38)14-36/h8-9,13,19H,4-7,10-12,14,16-18H2,1-3H3,(H,44,48)/t19-,36+/m1/s1. The number of ether oxygens (including phenoxy) is 2. The van der Waals surface area contributed by atoms with Gasteiger partial charge in [0.15, 0.2) is 11.6 Å². The maximum atomic E-state index is 17.1. The predicted molar refractivity (Wildman–Crippen MR) is 189 cm³/mol. The van der Waals surface area contributed by atoms with Gasteiger partial charge < -0.3 is 14.4 Å². The van der Waals surface area contributed by atoms with E-state index in [4.69, 9.17) is 21.1 Å². The van der Waals surface area contributed by atoms with Crippen molar-refractivity contribution >= 4 is 66.6 Å². The van der Waals surface area contributed by atoms with Crippen LogP contribution in [0.3, 0.4) is 0 Å². The molecular weight excluding hydrogens is 705 g/mol. The molecule has 0 spiro atoms. The Kier molecular flexibility index (Phi) is 9.26. The number of fused-ring (bicyclic) bond motifs is 3. The van der Waals surface area contributed by atoms with E-state index in [2.05, 4.69) is 20.2 Å². The summed E-state index contributed by atoms with van der Waals surface area (Å²) in [5.41, 5.74) is -1.64. The highest BCUT2D eigenvalue weighted by molar-refractivity contribution is 7.23. The average Bonchev–Trinajstić information content (AvgIpc) is 3.65. The highest BCUT2D eigenvalue weighted by Crippen LogP contribution is 2.47. The molecule has 0 bridgehead atoms. The molecule has 4 aromatic rings. The summed E-state index contributed by atoms with van der Waals surface area (Å²) in [6.45, 7) is 6.76. The number of ketones is 1. The monoisotopic (exact) mass is 740 g/mol. The van der Waals surface area contributed by atoms with E-state index in [0.717, 1.165) is 36.8 Å². The summed E-state index contributed by atoms with van der Waals surface area (Å²) in [7, 11) is 0. The Morgan fingerprint density at radius 1 is 1.22 bits per heavy atom. The van der Waals surface area contributed by atoms with Crippen molar-refractivity contribution in [2.45, 2.75) is 76.6 Å². The van der Waals surface area contributed by atoms with E-state index in [1.54, 1.807) is 25.7 Å². The van der Waals surface area contributed by atoms with Gasteiger partial charge in [-0.15, -0.1) is 11.3 Å². The largest absolute Gasteiger partial charge is 0.461 e. The summed E-state index contributed by atoms with van der Waals surface area (Å²) in [6, 6.07) is 5.86. The Hall–Kier alpha value is -4.19. The number of aromatic nitrogens is 2. The smallest absolute Gasteiger partial charge is 0.412 e. The van der Waals surface area contributed by atoms with Gasteiger partial charge in [0.1, 0.15) is 46.6 Å². The van der Waals surface area contributed by atoms with Crippen molar-refractivity contribution in [1.29, 1.82) is 5.26 Å². The number of thiophene rings is 1. The molecule has 3 saturated heterocycles. The SMILES string of the molecule is CC(C)(C)OC(=O)Nc1sc2c(F)ccc(-c3c(Cl)cc4c(N5CCCCC(=O)C5)nc(OC[C@@]56CCCN5C[C@H](F)C6)nc4c3F)c2c1C#N. The average molecular weight is 741 g/mol. The van der Waals surface area contributed by atoms with Gasteiger partial charge in [-0.25, -0.2) is 18.0 Å². The van der Waals surface area contributed by atoms with Gasteiger partial charge >= 0.3 is 12.1 Å². The van der Waals surface area contributed by atoms with Crippen LogP contribution in [-0.4, -0.2) is 76.8 Å². The molecule has 268 valence electrons. The molecule has 5 heterocycles. The van der Waals surface area contributed by atoms with E-state index in [0.29, 0.717) is 38.8 Å². The van der Waals surface area contributed by atoms with Crippen molar-refractivity contribution in [3.8, 4) is 23.2 Å². The molecule has 3 aliphatic rings. The lowest BCUT2D eigenvalue weighted by molar-refractivity contribution is -0.117. The van der Waals surface area contributed by atoms with E-state index in [9.17, 15) is 19.2 Å². The molecule has 3 aliphatic heterocycles. The number of halogens is 4. The van der Waals surface area contributed by atoms with Gasteiger partial charge in [-0.3, -0.25) is 15.0 Å². The molecular formula is C36H36ClF3N6O4S. The summed E-state index contributed by atoms with van der Waals surface area (Å²) in [5, 5.41) is 13.0. The Labute approximate surface area is 301 Å². The summed E-state index contributed by atoms with van der Waals surface area (Å²) >= 11 is 7.67. The Morgan fingerprint density at radius 3 is 2.78 bits per heavy atom. The lowest BCUT2D eigenvalue weighted by atomic mass is 9.95. The van der Waals surface area contributed by atoms with Crippen molar-refractivity contribution in [1.82, 2.24) is 14.9 Å². The van der Waals surface area contributed by atoms with Gasteiger partial charge in [0.05, 0.1) is 27.4 Å². The highest BCUT2D eigenvalue weighted by Gasteiger charge is 2.49. The van der Waals surface area contributed by atoms with Gasteiger partial charge in [0.25, 0.3) is 0 Å². The maximum absolute atomic E-state index is 17.1. The molecule has 51 heavy (non-hydrogen) atoms. The number of carbonyl (C=O) groups excluding carboxylic acids is 2. The quantitative estimate of drug-likeness (QED) is 0.209. The number of nitrogens with zero attached hydrogens (tertiary/aromatic N) is 5. The number of hydrogen-bond acceptors (Lipinski definition) is 10. The lowest BCUT2D eigenvalue weighted by Gasteiger charge is -2.31. The topological polar surface area (TPSA) is 121 Å². The van der Waals surface area contributed by atoms with Crippen molar-refractivity contribution in [2.24, 2.45) is 0 Å². The molecule has 2 atom stereocenters. The number of carbonyl (C=O) groups is 2. The molecule has 2 aromatic carbocycles. The second-order valence-corrected chi connectivity index (χ2v) is 15.8. The van der Waals surface area contributed by atoms with Gasteiger partial charge in [-0.2, -0.15) is 15.2 Å². The molecule has 3 fully saturated rings. The van der Waals surface area contributed by atoms with Crippen molar-refractivity contribution in [3.05, 3.63) is 40.4 Å². The number of nitriles is 1. The minimum atomic E-state index is -0.977. The summed E-state index contributed by atoms with van der Waals surface area (Å²) < 4.78 is 58.5. The highest BCUT2D eigenvalue weighted by atomic mass is 35.5. The van der Waals surface area contributed by atoms with Crippen LogP contribution in [0, 0.1) is 23.0 Å². The van der Waals surface area contributed by atoms with Crippen LogP contribution in [0.15, 0.2) is 18.2 Å². The Morgan fingerprint density at radius 2 is 2.02 bits per heavy atom. The van der Waals surface area contributed by atoms with Crippen LogP contribution >= 0.6 is 22.9 Å². The van der Waals surface area contributed by atoms with Crippen LogP contribution in [0.25, 0.3) is 32.1 Å². The summed E-state index contributed by atoms with van der Waals surface area (Å²) in [5.74, 6) is -1.27. The van der Waals surface area contributed by atoms with E-state index in [1.165, 1.54) is 12.1 Å². The second kappa shape index (κ2) is 13.4. The fourth-order valence-corrected chi connectivity index (χ4v) is 8.87. The lowest BCUT2D eigenvalue weighted by Crippen LogP contribution is -2.43. The predicted octanol–water partition coefficient (Wildman–Crippen LogP) is 8.18. The second-order valence-electron chi connectivity index (χ2n) is 14.4.